The molecule has 2 heteroatoms. The fraction of sp³-hybridized carbons (Fsp3) is 0.941. The molecule has 2 aliphatic carbocycles. The van der Waals surface area contributed by atoms with Gasteiger partial charge in [0.05, 0.1) is 0 Å². The maximum absolute atomic E-state index is 12.3. The molecule has 0 spiro atoms. The molecule has 0 aromatic rings. The Bertz CT molecular complexity index is 294. The average Bonchev–Trinajstić information content (AvgIpc) is 2.62. The molecule has 19 heavy (non-hydrogen) atoms. The van der Waals surface area contributed by atoms with E-state index in [1.807, 2.05) is 0 Å². The molecule has 2 fully saturated rings. The van der Waals surface area contributed by atoms with Gasteiger partial charge in [-0.3, -0.25) is 4.79 Å². The second kappa shape index (κ2) is 6.88. The van der Waals surface area contributed by atoms with E-state index in [9.17, 15) is 4.79 Å². The Morgan fingerprint density at radius 2 is 1.74 bits per heavy atom. The molecule has 3 unspecified atom stereocenters. The second-order valence-corrected chi connectivity index (χ2v) is 7.18. The lowest BCUT2D eigenvalue weighted by Crippen LogP contribution is -2.42. The summed E-state index contributed by atoms with van der Waals surface area (Å²) >= 11 is 0. The summed E-state index contributed by atoms with van der Waals surface area (Å²) < 4.78 is 0. The van der Waals surface area contributed by atoms with E-state index in [0.717, 1.165) is 19.0 Å². The van der Waals surface area contributed by atoms with Crippen LogP contribution in [-0.4, -0.2) is 30.3 Å². The van der Waals surface area contributed by atoms with Crippen LogP contribution < -0.4 is 0 Å². The van der Waals surface area contributed by atoms with E-state index in [1.54, 1.807) is 0 Å². The number of carbonyl (C=O) groups is 1. The number of ketones is 1. The van der Waals surface area contributed by atoms with Gasteiger partial charge in [0.2, 0.25) is 0 Å². The summed E-state index contributed by atoms with van der Waals surface area (Å²) in [6, 6.07) is 0.724. The molecule has 0 aromatic carbocycles. The number of hydrogen-bond donors (Lipinski definition) is 0. The molecule has 2 rings (SSSR count). The summed E-state index contributed by atoms with van der Waals surface area (Å²) in [7, 11) is 2.24. The van der Waals surface area contributed by atoms with Crippen molar-refractivity contribution in [2.75, 3.05) is 13.6 Å². The van der Waals surface area contributed by atoms with Crippen LogP contribution in [0.2, 0.25) is 0 Å². The van der Waals surface area contributed by atoms with Gasteiger partial charge in [0, 0.05) is 24.9 Å². The third-order valence-electron chi connectivity index (χ3n) is 5.36. The monoisotopic (exact) mass is 265 g/mol. The normalized spacial score (nSPS) is 34.5. The molecule has 0 saturated heterocycles. The highest BCUT2D eigenvalue weighted by molar-refractivity contribution is 5.82. The van der Waals surface area contributed by atoms with Crippen molar-refractivity contribution in [2.24, 2.45) is 17.8 Å². The van der Waals surface area contributed by atoms with E-state index in [-0.39, 0.29) is 0 Å². The minimum absolute atomic E-state index is 0.296. The predicted octanol–water partition coefficient (Wildman–Crippen LogP) is 3.89. The summed E-state index contributed by atoms with van der Waals surface area (Å²) in [6.07, 6.45) is 10.3. The van der Waals surface area contributed by atoms with Crippen LogP contribution in [0.4, 0.5) is 0 Å². The summed E-state index contributed by atoms with van der Waals surface area (Å²) in [5.74, 6) is 1.99. The molecule has 110 valence electrons. The maximum Gasteiger partial charge on any atom is 0.137 e. The Morgan fingerprint density at radius 3 is 2.32 bits per heavy atom. The first-order valence-corrected chi connectivity index (χ1v) is 8.31. The third kappa shape index (κ3) is 4.05. The molecule has 0 bridgehead atoms. The van der Waals surface area contributed by atoms with Crippen molar-refractivity contribution in [3.8, 4) is 0 Å². The highest BCUT2D eigenvalue weighted by atomic mass is 16.1. The molecule has 0 aliphatic heterocycles. The second-order valence-electron chi connectivity index (χ2n) is 7.18. The van der Waals surface area contributed by atoms with Crippen LogP contribution in [0.25, 0.3) is 0 Å². The lowest BCUT2D eigenvalue weighted by Gasteiger charge is -2.36. The summed E-state index contributed by atoms with van der Waals surface area (Å²) in [4.78, 5) is 14.8. The number of carbonyl (C=O) groups excluding carboxylic acids is 1. The van der Waals surface area contributed by atoms with Gasteiger partial charge in [-0.1, -0.05) is 39.5 Å². The lowest BCUT2D eigenvalue weighted by molar-refractivity contribution is -0.128. The van der Waals surface area contributed by atoms with Crippen molar-refractivity contribution in [1.82, 2.24) is 4.90 Å². The molecule has 0 aromatic heterocycles. The molecule has 0 heterocycles. The summed E-state index contributed by atoms with van der Waals surface area (Å²) in [5.41, 5.74) is 0. The van der Waals surface area contributed by atoms with E-state index in [2.05, 4.69) is 25.8 Å². The SMILES string of the molecule is CC1CC(=O)C(CN(C)C2CCCCCC2)C(C)C1. The number of hydrogen-bond acceptors (Lipinski definition) is 2. The Kier molecular flexibility index (Phi) is 5.44. The first kappa shape index (κ1) is 15.0. The van der Waals surface area contributed by atoms with Gasteiger partial charge in [-0.2, -0.15) is 0 Å². The predicted molar refractivity (Wildman–Crippen MR) is 80.2 cm³/mol. The Balaban J connectivity index is 1.89. The summed E-state index contributed by atoms with van der Waals surface area (Å²) in [5, 5.41) is 0. The minimum atomic E-state index is 0.296. The third-order valence-corrected chi connectivity index (χ3v) is 5.36. The Morgan fingerprint density at radius 1 is 1.11 bits per heavy atom. The Hall–Kier alpha value is -0.370. The van der Waals surface area contributed by atoms with Crippen molar-refractivity contribution in [3.63, 3.8) is 0 Å². The smallest absolute Gasteiger partial charge is 0.137 e. The van der Waals surface area contributed by atoms with Gasteiger partial charge in [-0.25, -0.2) is 0 Å². The van der Waals surface area contributed by atoms with Crippen LogP contribution in [0.3, 0.4) is 0 Å². The van der Waals surface area contributed by atoms with Gasteiger partial charge in [-0.05, 0) is 38.1 Å². The average molecular weight is 265 g/mol. The first-order valence-electron chi connectivity index (χ1n) is 8.31. The van der Waals surface area contributed by atoms with Crippen LogP contribution >= 0.6 is 0 Å². The van der Waals surface area contributed by atoms with Crippen LogP contribution in [0.5, 0.6) is 0 Å². The maximum atomic E-state index is 12.3. The van der Waals surface area contributed by atoms with Crippen molar-refractivity contribution < 1.29 is 4.79 Å². The van der Waals surface area contributed by atoms with Gasteiger partial charge in [0.25, 0.3) is 0 Å². The molecule has 2 nitrogen and oxygen atoms in total. The van der Waals surface area contributed by atoms with E-state index < -0.39 is 0 Å². The molecule has 2 aliphatic rings. The lowest BCUT2D eigenvalue weighted by atomic mass is 9.74. The zero-order chi connectivity index (χ0) is 13.8. The largest absolute Gasteiger partial charge is 0.303 e. The fourth-order valence-electron chi connectivity index (χ4n) is 4.13. The Labute approximate surface area is 118 Å². The standard InChI is InChI=1S/C17H31NO/c1-13-10-14(2)16(17(19)11-13)12-18(3)15-8-6-4-5-7-9-15/h13-16H,4-12H2,1-3H3. The van der Waals surface area contributed by atoms with Gasteiger partial charge >= 0.3 is 0 Å². The van der Waals surface area contributed by atoms with Crippen molar-refractivity contribution in [3.05, 3.63) is 0 Å². The van der Waals surface area contributed by atoms with E-state index >= 15 is 0 Å². The number of nitrogens with zero attached hydrogens (tertiary/aromatic N) is 1. The van der Waals surface area contributed by atoms with Gasteiger partial charge in [0.15, 0.2) is 0 Å². The topological polar surface area (TPSA) is 20.3 Å². The fourth-order valence-corrected chi connectivity index (χ4v) is 4.13. The zero-order valence-electron chi connectivity index (χ0n) is 13.0. The number of rotatable bonds is 3. The quantitative estimate of drug-likeness (QED) is 0.722. The molecule has 0 radical (unpaired) electrons. The van der Waals surface area contributed by atoms with Gasteiger partial charge in [-0.15, -0.1) is 0 Å². The number of Topliss-reactive ketones (excluding diaryl/α,β-unsaturated/α-hetero) is 1. The van der Waals surface area contributed by atoms with Crippen LogP contribution in [0.15, 0.2) is 0 Å². The molecule has 0 amide bonds. The molecule has 0 N–H and O–H groups in total. The van der Waals surface area contributed by atoms with Crippen LogP contribution in [0, 0.1) is 17.8 Å². The van der Waals surface area contributed by atoms with E-state index in [1.165, 1.54) is 44.9 Å². The van der Waals surface area contributed by atoms with Crippen LogP contribution in [0.1, 0.15) is 65.2 Å². The van der Waals surface area contributed by atoms with E-state index in [4.69, 9.17) is 0 Å². The van der Waals surface area contributed by atoms with E-state index in [0.29, 0.717) is 23.5 Å². The van der Waals surface area contributed by atoms with Crippen molar-refractivity contribution in [2.45, 2.75) is 71.3 Å². The summed E-state index contributed by atoms with van der Waals surface area (Å²) in [6.45, 7) is 5.50. The highest BCUT2D eigenvalue weighted by Crippen LogP contribution is 2.32. The first-order chi connectivity index (χ1) is 9.08. The molecule has 2 saturated carbocycles. The van der Waals surface area contributed by atoms with Crippen molar-refractivity contribution >= 4 is 5.78 Å². The molecular weight excluding hydrogens is 234 g/mol. The minimum Gasteiger partial charge on any atom is -0.303 e. The highest BCUT2D eigenvalue weighted by Gasteiger charge is 2.34. The molecular formula is C17H31NO. The van der Waals surface area contributed by atoms with Gasteiger partial charge in [0.1, 0.15) is 5.78 Å². The molecule has 3 atom stereocenters. The van der Waals surface area contributed by atoms with Crippen LogP contribution in [-0.2, 0) is 4.79 Å². The zero-order valence-corrected chi connectivity index (χ0v) is 13.0. The van der Waals surface area contributed by atoms with Gasteiger partial charge < -0.3 is 4.90 Å². The van der Waals surface area contributed by atoms with Crippen molar-refractivity contribution in [1.29, 1.82) is 0 Å².